The van der Waals surface area contributed by atoms with Gasteiger partial charge in [-0.05, 0) is 19.1 Å². The summed E-state index contributed by atoms with van der Waals surface area (Å²) in [5, 5.41) is 3.91. The molecule has 0 aliphatic heterocycles. The van der Waals surface area contributed by atoms with Gasteiger partial charge in [0, 0.05) is 10.4 Å². The summed E-state index contributed by atoms with van der Waals surface area (Å²) in [6.45, 7) is 2.42. The molecule has 0 aliphatic rings. The number of aromatic nitrogens is 1. The molecule has 0 spiro atoms. The van der Waals surface area contributed by atoms with Crippen LogP contribution in [0.15, 0.2) is 54.6 Å². The molecule has 5 heteroatoms. The largest absolute Gasteiger partial charge is 0.496 e. The van der Waals surface area contributed by atoms with Gasteiger partial charge in [-0.3, -0.25) is 4.79 Å². The number of benzene rings is 2. The lowest BCUT2D eigenvalue weighted by molar-refractivity contribution is 0.0948. The van der Waals surface area contributed by atoms with Crippen LogP contribution >= 0.6 is 11.3 Å². The van der Waals surface area contributed by atoms with Crippen LogP contribution in [-0.2, 0) is 6.54 Å². The van der Waals surface area contributed by atoms with Crippen molar-refractivity contribution in [1.82, 2.24) is 10.3 Å². The first-order valence-electron chi connectivity index (χ1n) is 7.62. The fraction of sp³-hybridized carbons (Fsp3) is 0.158. The van der Waals surface area contributed by atoms with Crippen molar-refractivity contribution in [2.45, 2.75) is 13.5 Å². The van der Waals surface area contributed by atoms with Crippen LogP contribution in [0.1, 0.15) is 20.9 Å². The molecule has 0 aliphatic carbocycles. The molecule has 0 radical (unpaired) electrons. The number of rotatable bonds is 5. The van der Waals surface area contributed by atoms with Crippen LogP contribution in [0.5, 0.6) is 5.75 Å². The van der Waals surface area contributed by atoms with Crippen LogP contribution in [0.3, 0.4) is 0 Å². The molecule has 1 aromatic heterocycles. The van der Waals surface area contributed by atoms with Gasteiger partial charge in [-0.25, -0.2) is 4.98 Å². The summed E-state index contributed by atoms with van der Waals surface area (Å²) in [5.41, 5.74) is 2.57. The fourth-order valence-corrected chi connectivity index (χ4v) is 3.39. The average molecular weight is 338 g/mol. The number of amides is 1. The van der Waals surface area contributed by atoms with Crippen molar-refractivity contribution in [2.75, 3.05) is 7.11 Å². The van der Waals surface area contributed by atoms with Gasteiger partial charge in [0.25, 0.3) is 5.91 Å². The van der Waals surface area contributed by atoms with Gasteiger partial charge in [-0.15, -0.1) is 11.3 Å². The van der Waals surface area contributed by atoms with E-state index >= 15 is 0 Å². The number of para-hydroxylation sites is 1. The SMILES string of the molecule is COc1ccccc1C(=O)NCc1sc(-c2ccccc2)nc1C. The van der Waals surface area contributed by atoms with Crippen molar-refractivity contribution >= 4 is 17.2 Å². The monoisotopic (exact) mass is 338 g/mol. The lowest BCUT2D eigenvalue weighted by Gasteiger charge is -2.08. The topological polar surface area (TPSA) is 51.2 Å². The van der Waals surface area contributed by atoms with Crippen LogP contribution in [-0.4, -0.2) is 18.0 Å². The number of aryl methyl sites for hydroxylation is 1. The number of hydrogen-bond donors (Lipinski definition) is 1. The molecular formula is C19H18N2O2S. The maximum Gasteiger partial charge on any atom is 0.255 e. The molecule has 0 atom stereocenters. The van der Waals surface area contributed by atoms with Crippen LogP contribution in [0.2, 0.25) is 0 Å². The first kappa shape index (κ1) is 16.2. The van der Waals surface area contributed by atoms with Gasteiger partial charge in [0.2, 0.25) is 0 Å². The van der Waals surface area contributed by atoms with E-state index < -0.39 is 0 Å². The number of carbonyl (C=O) groups excluding carboxylic acids is 1. The van der Waals surface area contributed by atoms with E-state index in [9.17, 15) is 4.79 Å². The van der Waals surface area contributed by atoms with E-state index in [1.54, 1.807) is 30.6 Å². The number of carbonyl (C=O) groups is 1. The Hall–Kier alpha value is -2.66. The van der Waals surface area contributed by atoms with E-state index in [1.807, 2.05) is 49.4 Å². The quantitative estimate of drug-likeness (QED) is 0.763. The number of methoxy groups -OCH3 is 1. The molecule has 3 aromatic rings. The Kier molecular flexibility index (Phi) is 4.91. The Morgan fingerprint density at radius 1 is 1.12 bits per heavy atom. The minimum atomic E-state index is -0.151. The molecule has 2 aromatic carbocycles. The molecule has 4 nitrogen and oxygen atoms in total. The highest BCUT2D eigenvalue weighted by Gasteiger charge is 2.14. The predicted octanol–water partition coefficient (Wildman–Crippen LogP) is 4.06. The number of hydrogen-bond acceptors (Lipinski definition) is 4. The van der Waals surface area contributed by atoms with Gasteiger partial charge in [0.15, 0.2) is 0 Å². The van der Waals surface area contributed by atoms with Crippen molar-refractivity contribution in [2.24, 2.45) is 0 Å². The van der Waals surface area contributed by atoms with Crippen LogP contribution in [0, 0.1) is 6.92 Å². The molecule has 1 N–H and O–H groups in total. The highest BCUT2D eigenvalue weighted by atomic mass is 32.1. The van der Waals surface area contributed by atoms with Crippen molar-refractivity contribution in [3.05, 3.63) is 70.7 Å². The third-order valence-electron chi connectivity index (χ3n) is 3.67. The van der Waals surface area contributed by atoms with Gasteiger partial charge in [0.05, 0.1) is 24.9 Å². The zero-order valence-electron chi connectivity index (χ0n) is 13.6. The van der Waals surface area contributed by atoms with Crippen LogP contribution in [0.4, 0.5) is 0 Å². The number of nitrogens with one attached hydrogen (secondary N) is 1. The summed E-state index contributed by atoms with van der Waals surface area (Å²) in [6, 6.07) is 17.2. The minimum absolute atomic E-state index is 0.151. The van der Waals surface area contributed by atoms with Gasteiger partial charge < -0.3 is 10.1 Å². The molecule has 0 saturated carbocycles. The summed E-state index contributed by atoms with van der Waals surface area (Å²) < 4.78 is 5.23. The zero-order valence-corrected chi connectivity index (χ0v) is 14.4. The van der Waals surface area contributed by atoms with Gasteiger partial charge in [-0.2, -0.15) is 0 Å². The molecule has 3 rings (SSSR count). The maximum absolute atomic E-state index is 12.4. The Bertz CT molecular complexity index is 844. The third kappa shape index (κ3) is 3.46. The Balaban J connectivity index is 1.73. The number of thiazole rings is 1. The molecule has 24 heavy (non-hydrogen) atoms. The van der Waals surface area contributed by atoms with E-state index in [2.05, 4.69) is 10.3 Å². The third-order valence-corrected chi connectivity index (χ3v) is 4.88. The van der Waals surface area contributed by atoms with E-state index in [0.29, 0.717) is 17.9 Å². The molecule has 0 saturated heterocycles. The highest BCUT2D eigenvalue weighted by Crippen LogP contribution is 2.27. The Morgan fingerprint density at radius 3 is 2.58 bits per heavy atom. The van der Waals surface area contributed by atoms with Crippen molar-refractivity contribution in [3.63, 3.8) is 0 Å². The van der Waals surface area contributed by atoms with Crippen molar-refractivity contribution in [1.29, 1.82) is 0 Å². The molecule has 0 fully saturated rings. The molecular weight excluding hydrogens is 320 g/mol. The normalized spacial score (nSPS) is 10.4. The van der Waals surface area contributed by atoms with E-state index in [-0.39, 0.29) is 5.91 Å². The fourth-order valence-electron chi connectivity index (χ4n) is 2.38. The van der Waals surface area contributed by atoms with Gasteiger partial charge in [-0.1, -0.05) is 42.5 Å². The van der Waals surface area contributed by atoms with Crippen molar-refractivity contribution < 1.29 is 9.53 Å². The average Bonchev–Trinajstić information content (AvgIpc) is 3.01. The molecule has 1 heterocycles. The second-order valence-electron chi connectivity index (χ2n) is 5.28. The van der Waals surface area contributed by atoms with E-state index in [4.69, 9.17) is 4.74 Å². The lowest BCUT2D eigenvalue weighted by atomic mass is 10.2. The van der Waals surface area contributed by atoms with Gasteiger partial charge >= 0.3 is 0 Å². The Labute approximate surface area is 145 Å². The highest BCUT2D eigenvalue weighted by molar-refractivity contribution is 7.15. The van der Waals surface area contributed by atoms with Crippen LogP contribution in [0.25, 0.3) is 10.6 Å². The standard InChI is InChI=1S/C19H18N2O2S/c1-13-17(24-19(21-13)14-8-4-3-5-9-14)12-20-18(22)15-10-6-7-11-16(15)23-2/h3-11H,12H2,1-2H3,(H,20,22). The second kappa shape index (κ2) is 7.27. The second-order valence-corrected chi connectivity index (χ2v) is 6.36. The maximum atomic E-state index is 12.4. The molecule has 0 unspecified atom stereocenters. The van der Waals surface area contributed by atoms with Gasteiger partial charge in [0.1, 0.15) is 10.8 Å². The summed E-state index contributed by atoms with van der Waals surface area (Å²) in [6.07, 6.45) is 0. The minimum Gasteiger partial charge on any atom is -0.496 e. The summed E-state index contributed by atoms with van der Waals surface area (Å²) in [7, 11) is 1.56. The molecule has 1 amide bonds. The van der Waals surface area contributed by atoms with Crippen molar-refractivity contribution in [3.8, 4) is 16.3 Å². The summed E-state index contributed by atoms with van der Waals surface area (Å²) >= 11 is 1.60. The van der Waals surface area contributed by atoms with E-state index in [0.717, 1.165) is 21.1 Å². The molecule has 122 valence electrons. The number of nitrogens with zero attached hydrogens (tertiary/aromatic N) is 1. The first-order valence-corrected chi connectivity index (χ1v) is 8.43. The molecule has 0 bridgehead atoms. The lowest BCUT2D eigenvalue weighted by Crippen LogP contribution is -2.23. The van der Waals surface area contributed by atoms with Crippen LogP contribution < -0.4 is 10.1 Å². The zero-order chi connectivity index (χ0) is 16.9. The summed E-state index contributed by atoms with van der Waals surface area (Å²) in [5.74, 6) is 0.419. The first-order chi connectivity index (χ1) is 11.7. The summed E-state index contributed by atoms with van der Waals surface area (Å²) in [4.78, 5) is 18.0. The predicted molar refractivity (Wildman–Crippen MR) is 96.5 cm³/mol. The Morgan fingerprint density at radius 2 is 1.83 bits per heavy atom. The number of ether oxygens (including phenoxy) is 1. The van der Waals surface area contributed by atoms with E-state index in [1.165, 1.54) is 0 Å². The smallest absolute Gasteiger partial charge is 0.255 e.